The van der Waals surface area contributed by atoms with Gasteiger partial charge in [-0.1, -0.05) is 17.7 Å². The predicted molar refractivity (Wildman–Crippen MR) is 112 cm³/mol. The van der Waals surface area contributed by atoms with Crippen LogP contribution in [0.15, 0.2) is 65.1 Å². The molecule has 4 aromatic rings. The van der Waals surface area contributed by atoms with E-state index in [1.54, 1.807) is 42.5 Å². The molecule has 1 heterocycles. The topological polar surface area (TPSA) is 141 Å². The minimum Gasteiger partial charge on any atom is -0.436 e. The summed E-state index contributed by atoms with van der Waals surface area (Å²) >= 11 is 5.99. The number of oxazole rings is 1. The molecule has 154 valence electrons. The van der Waals surface area contributed by atoms with Crippen LogP contribution in [0.3, 0.4) is 0 Å². The van der Waals surface area contributed by atoms with Gasteiger partial charge in [-0.15, -0.1) is 0 Å². The summed E-state index contributed by atoms with van der Waals surface area (Å²) in [7, 11) is 0. The number of nitrogens with zero attached hydrogens (tertiary/aromatic N) is 3. The van der Waals surface area contributed by atoms with Gasteiger partial charge in [0, 0.05) is 28.4 Å². The molecular weight excluding hydrogens is 428 g/mol. The van der Waals surface area contributed by atoms with Crippen molar-refractivity contribution in [2.24, 2.45) is 0 Å². The van der Waals surface area contributed by atoms with Crippen LogP contribution in [0.2, 0.25) is 5.02 Å². The molecule has 0 aliphatic carbocycles. The molecule has 0 radical (unpaired) electrons. The Morgan fingerprint density at radius 2 is 1.68 bits per heavy atom. The number of hydrogen-bond donors (Lipinski definition) is 1. The fourth-order valence-corrected chi connectivity index (χ4v) is 3.08. The molecule has 0 aliphatic rings. The lowest BCUT2D eigenvalue weighted by atomic mass is 10.1. The van der Waals surface area contributed by atoms with Crippen LogP contribution in [0.25, 0.3) is 22.6 Å². The van der Waals surface area contributed by atoms with Crippen LogP contribution in [-0.2, 0) is 0 Å². The van der Waals surface area contributed by atoms with Crippen LogP contribution in [0.4, 0.5) is 17.1 Å². The van der Waals surface area contributed by atoms with Crippen molar-refractivity contribution in [1.82, 2.24) is 4.98 Å². The van der Waals surface area contributed by atoms with E-state index in [1.807, 2.05) is 0 Å². The number of anilines is 1. The number of benzene rings is 3. The first kappa shape index (κ1) is 20.0. The van der Waals surface area contributed by atoms with E-state index in [-0.39, 0.29) is 5.56 Å². The van der Waals surface area contributed by atoms with Crippen molar-refractivity contribution in [3.63, 3.8) is 0 Å². The lowest BCUT2D eigenvalue weighted by molar-refractivity contribution is -0.394. The molecular formula is C20H11ClN4O6. The molecule has 0 spiro atoms. The van der Waals surface area contributed by atoms with Gasteiger partial charge in [0.2, 0.25) is 5.89 Å². The number of carbonyl (C=O) groups excluding carboxylic acids is 1. The molecule has 1 aromatic heterocycles. The van der Waals surface area contributed by atoms with E-state index in [0.29, 0.717) is 33.3 Å². The maximum atomic E-state index is 12.5. The molecule has 0 atom stereocenters. The third-order valence-electron chi connectivity index (χ3n) is 4.30. The first-order chi connectivity index (χ1) is 14.8. The molecule has 0 saturated heterocycles. The van der Waals surface area contributed by atoms with Gasteiger partial charge in [0.1, 0.15) is 5.52 Å². The van der Waals surface area contributed by atoms with Crippen molar-refractivity contribution in [3.8, 4) is 11.5 Å². The zero-order valence-electron chi connectivity index (χ0n) is 15.4. The van der Waals surface area contributed by atoms with Gasteiger partial charge in [-0.3, -0.25) is 25.0 Å². The second-order valence-corrected chi connectivity index (χ2v) is 6.85. The number of nitro benzene ring substituents is 2. The average Bonchev–Trinajstić information content (AvgIpc) is 3.17. The highest BCUT2D eigenvalue weighted by Gasteiger charge is 2.20. The first-order valence-electron chi connectivity index (χ1n) is 8.72. The molecule has 0 aliphatic heterocycles. The number of nitro groups is 2. The van der Waals surface area contributed by atoms with E-state index in [9.17, 15) is 25.0 Å². The number of non-ortho nitro benzene ring substituents is 2. The van der Waals surface area contributed by atoms with E-state index in [0.717, 1.165) is 18.2 Å². The van der Waals surface area contributed by atoms with Crippen molar-refractivity contribution >= 4 is 45.7 Å². The zero-order chi connectivity index (χ0) is 22.1. The van der Waals surface area contributed by atoms with Crippen LogP contribution in [0.1, 0.15) is 10.4 Å². The number of aromatic nitrogens is 1. The maximum absolute atomic E-state index is 12.5. The van der Waals surface area contributed by atoms with E-state index >= 15 is 0 Å². The molecule has 10 nitrogen and oxygen atoms in total. The molecule has 11 heteroatoms. The Kier molecular flexibility index (Phi) is 5.05. The number of hydrogen-bond acceptors (Lipinski definition) is 7. The van der Waals surface area contributed by atoms with E-state index in [4.69, 9.17) is 16.0 Å². The predicted octanol–water partition coefficient (Wildman–Crippen LogP) is 5.22. The number of fused-ring (bicyclic) bond motifs is 1. The second kappa shape index (κ2) is 7.84. The lowest BCUT2D eigenvalue weighted by Crippen LogP contribution is -2.12. The van der Waals surface area contributed by atoms with Crippen LogP contribution in [0.5, 0.6) is 0 Å². The first-order valence-corrected chi connectivity index (χ1v) is 9.10. The van der Waals surface area contributed by atoms with E-state index in [1.165, 1.54) is 0 Å². The molecule has 3 aromatic carbocycles. The quantitative estimate of drug-likeness (QED) is 0.332. The van der Waals surface area contributed by atoms with Crippen molar-refractivity contribution in [1.29, 1.82) is 0 Å². The summed E-state index contributed by atoms with van der Waals surface area (Å²) in [5.74, 6) is -0.403. The Labute approximate surface area is 178 Å². The fourth-order valence-electron chi connectivity index (χ4n) is 2.89. The molecule has 0 bridgehead atoms. The van der Waals surface area contributed by atoms with Crippen molar-refractivity contribution in [3.05, 3.63) is 91.5 Å². The fraction of sp³-hybridized carbons (Fsp3) is 0. The summed E-state index contributed by atoms with van der Waals surface area (Å²) in [5, 5.41) is 25.1. The molecule has 0 saturated carbocycles. The number of nitrogens with one attached hydrogen (secondary N) is 1. The number of halogens is 1. The molecule has 1 N–H and O–H groups in total. The van der Waals surface area contributed by atoms with Gasteiger partial charge in [0.05, 0.1) is 21.5 Å². The Hall–Kier alpha value is -4.31. The van der Waals surface area contributed by atoms with Gasteiger partial charge >= 0.3 is 0 Å². The Morgan fingerprint density at radius 3 is 2.32 bits per heavy atom. The van der Waals surface area contributed by atoms with Crippen LogP contribution < -0.4 is 5.32 Å². The van der Waals surface area contributed by atoms with Crippen LogP contribution in [0, 0.1) is 20.2 Å². The highest BCUT2D eigenvalue weighted by atomic mass is 35.5. The molecule has 0 unspecified atom stereocenters. The third kappa shape index (κ3) is 4.19. The van der Waals surface area contributed by atoms with Gasteiger partial charge < -0.3 is 9.73 Å². The summed E-state index contributed by atoms with van der Waals surface area (Å²) < 4.78 is 5.71. The van der Waals surface area contributed by atoms with Gasteiger partial charge in [0.25, 0.3) is 17.3 Å². The SMILES string of the molecule is O=C(Nc1ccc2oc(-c3cccc(Cl)c3)nc2c1)c1cc([N+](=O)[O-])cc([N+](=O)[O-])c1. The van der Waals surface area contributed by atoms with Gasteiger partial charge in [0.15, 0.2) is 5.58 Å². The van der Waals surface area contributed by atoms with Gasteiger partial charge in [-0.2, -0.15) is 0 Å². The molecule has 0 fully saturated rings. The van der Waals surface area contributed by atoms with Gasteiger partial charge in [-0.05, 0) is 36.4 Å². The summed E-state index contributed by atoms with van der Waals surface area (Å²) in [4.78, 5) is 37.4. The number of rotatable bonds is 5. The summed E-state index contributed by atoms with van der Waals surface area (Å²) in [5.41, 5.74) is 0.600. The zero-order valence-corrected chi connectivity index (χ0v) is 16.2. The average molecular weight is 439 g/mol. The number of carbonyl (C=O) groups is 1. The summed E-state index contributed by atoms with van der Waals surface area (Å²) in [6.45, 7) is 0. The highest BCUT2D eigenvalue weighted by molar-refractivity contribution is 6.30. The minimum atomic E-state index is -0.803. The Bertz CT molecular complexity index is 1330. The molecule has 31 heavy (non-hydrogen) atoms. The smallest absolute Gasteiger partial charge is 0.277 e. The summed E-state index contributed by atoms with van der Waals surface area (Å²) in [6.07, 6.45) is 0. The second-order valence-electron chi connectivity index (χ2n) is 6.42. The maximum Gasteiger partial charge on any atom is 0.277 e. The Morgan fingerprint density at radius 1 is 0.968 bits per heavy atom. The molecule has 4 rings (SSSR count). The van der Waals surface area contributed by atoms with E-state index < -0.39 is 27.1 Å². The summed E-state index contributed by atoms with van der Waals surface area (Å²) in [6, 6.07) is 14.4. The van der Waals surface area contributed by atoms with Crippen molar-refractivity contribution in [2.75, 3.05) is 5.32 Å². The molecule has 1 amide bonds. The van der Waals surface area contributed by atoms with Crippen molar-refractivity contribution in [2.45, 2.75) is 0 Å². The Balaban J connectivity index is 1.63. The van der Waals surface area contributed by atoms with Crippen molar-refractivity contribution < 1.29 is 19.1 Å². The van der Waals surface area contributed by atoms with Gasteiger partial charge in [-0.25, -0.2) is 4.98 Å². The number of amides is 1. The van der Waals surface area contributed by atoms with Crippen LogP contribution >= 0.6 is 11.6 Å². The van der Waals surface area contributed by atoms with E-state index in [2.05, 4.69) is 10.3 Å². The lowest BCUT2D eigenvalue weighted by Gasteiger charge is -2.05. The largest absolute Gasteiger partial charge is 0.436 e. The standard InChI is InChI=1S/C20H11ClN4O6/c21-13-3-1-2-11(6-13)20-23-17-9-14(4-5-18(17)31-20)22-19(26)12-7-15(24(27)28)10-16(8-12)25(29)30/h1-10H,(H,22,26). The highest BCUT2D eigenvalue weighted by Crippen LogP contribution is 2.28. The monoisotopic (exact) mass is 438 g/mol. The van der Waals surface area contributed by atoms with Crippen LogP contribution in [-0.4, -0.2) is 20.7 Å². The third-order valence-corrected chi connectivity index (χ3v) is 4.54. The normalized spacial score (nSPS) is 10.7. The minimum absolute atomic E-state index is 0.222.